The van der Waals surface area contributed by atoms with Crippen LogP contribution in [0.15, 0.2) is 24.3 Å². The summed E-state index contributed by atoms with van der Waals surface area (Å²) in [5, 5.41) is 3.57. The second-order valence-corrected chi connectivity index (χ2v) is 5.35. The number of hydrogen-bond acceptors (Lipinski definition) is 2. The number of hydrogen-bond donors (Lipinski definition) is 1. The lowest BCUT2D eigenvalue weighted by Gasteiger charge is -2.36. The first-order chi connectivity index (χ1) is 9.11. The Balaban J connectivity index is 2.98. The number of methoxy groups -OCH3 is 1. The summed E-state index contributed by atoms with van der Waals surface area (Å²) in [5.74, 6) is 0. The van der Waals surface area contributed by atoms with E-state index < -0.39 is 0 Å². The molecule has 0 heterocycles. The summed E-state index contributed by atoms with van der Waals surface area (Å²) in [6.45, 7) is 9.67. The average molecular weight is 263 g/mol. The maximum Gasteiger partial charge on any atom is 0.0841 e. The van der Waals surface area contributed by atoms with Gasteiger partial charge >= 0.3 is 0 Å². The first-order valence-corrected chi connectivity index (χ1v) is 7.48. The molecule has 0 saturated heterocycles. The molecule has 2 unspecified atom stereocenters. The Morgan fingerprint density at radius 2 is 1.79 bits per heavy atom. The maximum absolute atomic E-state index is 5.77. The summed E-state index contributed by atoms with van der Waals surface area (Å²) < 4.78 is 5.77. The van der Waals surface area contributed by atoms with Gasteiger partial charge in [-0.1, -0.05) is 51.5 Å². The van der Waals surface area contributed by atoms with Crippen molar-refractivity contribution in [1.29, 1.82) is 0 Å². The molecular weight excluding hydrogens is 234 g/mol. The van der Waals surface area contributed by atoms with Crippen LogP contribution in [0, 0.1) is 0 Å². The van der Waals surface area contributed by atoms with Gasteiger partial charge in [-0.15, -0.1) is 0 Å². The van der Waals surface area contributed by atoms with Gasteiger partial charge in [-0.05, 0) is 37.4 Å². The van der Waals surface area contributed by atoms with E-state index in [0.29, 0.717) is 0 Å². The molecule has 108 valence electrons. The highest BCUT2D eigenvalue weighted by Gasteiger charge is 2.33. The monoisotopic (exact) mass is 263 g/mol. The molecule has 0 radical (unpaired) electrons. The van der Waals surface area contributed by atoms with E-state index in [0.717, 1.165) is 19.4 Å². The van der Waals surface area contributed by atoms with E-state index in [9.17, 15) is 0 Å². The Morgan fingerprint density at radius 3 is 2.21 bits per heavy atom. The molecule has 2 heteroatoms. The first kappa shape index (κ1) is 16.2. The van der Waals surface area contributed by atoms with E-state index in [4.69, 9.17) is 4.74 Å². The number of benzene rings is 1. The predicted molar refractivity (Wildman–Crippen MR) is 82.6 cm³/mol. The SMILES string of the molecule is CCCc1ccc(C(NCC)C(C)(CC)OC)cc1. The number of rotatable bonds is 8. The molecule has 2 atom stereocenters. The molecule has 0 bridgehead atoms. The van der Waals surface area contributed by atoms with Gasteiger partial charge in [0.15, 0.2) is 0 Å². The number of nitrogens with one attached hydrogen (secondary N) is 1. The van der Waals surface area contributed by atoms with E-state index in [2.05, 4.69) is 57.3 Å². The Hall–Kier alpha value is -0.860. The highest BCUT2D eigenvalue weighted by Crippen LogP contribution is 2.31. The summed E-state index contributed by atoms with van der Waals surface area (Å²) in [6, 6.07) is 9.21. The molecule has 1 aromatic rings. The van der Waals surface area contributed by atoms with Crippen LogP contribution in [-0.4, -0.2) is 19.3 Å². The smallest absolute Gasteiger partial charge is 0.0841 e. The van der Waals surface area contributed by atoms with Crippen LogP contribution in [0.2, 0.25) is 0 Å². The molecule has 0 aliphatic carbocycles. The lowest BCUT2D eigenvalue weighted by molar-refractivity contribution is -0.0295. The average Bonchev–Trinajstić information content (AvgIpc) is 2.45. The Labute approximate surface area is 118 Å². The summed E-state index contributed by atoms with van der Waals surface area (Å²) in [6.07, 6.45) is 3.33. The zero-order valence-corrected chi connectivity index (χ0v) is 13.1. The van der Waals surface area contributed by atoms with E-state index in [1.54, 1.807) is 7.11 Å². The van der Waals surface area contributed by atoms with Gasteiger partial charge in [0.2, 0.25) is 0 Å². The van der Waals surface area contributed by atoms with E-state index in [-0.39, 0.29) is 11.6 Å². The minimum absolute atomic E-state index is 0.164. The lowest BCUT2D eigenvalue weighted by atomic mass is 9.87. The maximum atomic E-state index is 5.77. The third kappa shape index (κ3) is 4.05. The van der Waals surface area contributed by atoms with Crippen LogP contribution in [0.25, 0.3) is 0 Å². The van der Waals surface area contributed by atoms with Gasteiger partial charge in [0, 0.05) is 7.11 Å². The van der Waals surface area contributed by atoms with Gasteiger partial charge < -0.3 is 10.1 Å². The molecular formula is C17H29NO. The fourth-order valence-electron chi connectivity index (χ4n) is 2.52. The Kier molecular flexibility index (Phi) is 6.53. The topological polar surface area (TPSA) is 21.3 Å². The summed E-state index contributed by atoms with van der Waals surface area (Å²) in [5.41, 5.74) is 2.56. The largest absolute Gasteiger partial charge is 0.377 e. The van der Waals surface area contributed by atoms with E-state index in [1.807, 2.05) is 0 Å². The second kappa shape index (κ2) is 7.66. The molecule has 1 N–H and O–H groups in total. The third-order valence-electron chi connectivity index (χ3n) is 4.04. The van der Waals surface area contributed by atoms with Gasteiger partial charge in [-0.25, -0.2) is 0 Å². The summed E-state index contributed by atoms with van der Waals surface area (Å²) in [4.78, 5) is 0. The third-order valence-corrected chi connectivity index (χ3v) is 4.04. The summed E-state index contributed by atoms with van der Waals surface area (Å²) in [7, 11) is 1.80. The fourth-order valence-corrected chi connectivity index (χ4v) is 2.52. The van der Waals surface area contributed by atoms with Gasteiger partial charge in [0.25, 0.3) is 0 Å². The van der Waals surface area contributed by atoms with Gasteiger partial charge in [0.05, 0.1) is 11.6 Å². The molecule has 0 aromatic heterocycles. The highest BCUT2D eigenvalue weighted by atomic mass is 16.5. The van der Waals surface area contributed by atoms with E-state index >= 15 is 0 Å². The van der Waals surface area contributed by atoms with Gasteiger partial charge in [-0.3, -0.25) is 0 Å². The molecule has 0 spiro atoms. The molecule has 0 fully saturated rings. The van der Waals surface area contributed by atoms with Crippen molar-refractivity contribution in [1.82, 2.24) is 5.32 Å². The van der Waals surface area contributed by atoms with Crippen LogP contribution in [0.3, 0.4) is 0 Å². The van der Waals surface area contributed by atoms with Crippen molar-refractivity contribution in [3.05, 3.63) is 35.4 Å². The van der Waals surface area contributed by atoms with Crippen molar-refractivity contribution in [3.8, 4) is 0 Å². The first-order valence-electron chi connectivity index (χ1n) is 7.48. The van der Waals surface area contributed by atoms with Crippen molar-refractivity contribution in [2.24, 2.45) is 0 Å². The Morgan fingerprint density at radius 1 is 1.16 bits per heavy atom. The second-order valence-electron chi connectivity index (χ2n) is 5.35. The van der Waals surface area contributed by atoms with Crippen LogP contribution in [0.4, 0.5) is 0 Å². The van der Waals surface area contributed by atoms with Crippen LogP contribution in [0.5, 0.6) is 0 Å². The molecule has 0 aliphatic heterocycles. The molecule has 19 heavy (non-hydrogen) atoms. The number of likely N-dealkylation sites (N-methyl/N-ethyl adjacent to an activating group) is 1. The fraction of sp³-hybridized carbons (Fsp3) is 0.647. The predicted octanol–water partition coefficient (Wildman–Crippen LogP) is 4.10. The van der Waals surface area contributed by atoms with Crippen LogP contribution in [0.1, 0.15) is 57.7 Å². The molecule has 0 aliphatic rings. The van der Waals surface area contributed by atoms with Crippen molar-refractivity contribution >= 4 is 0 Å². The molecule has 2 nitrogen and oxygen atoms in total. The minimum Gasteiger partial charge on any atom is -0.377 e. The van der Waals surface area contributed by atoms with Crippen molar-refractivity contribution < 1.29 is 4.74 Å². The van der Waals surface area contributed by atoms with Crippen LogP contribution in [-0.2, 0) is 11.2 Å². The number of ether oxygens (including phenoxy) is 1. The Bertz CT molecular complexity index is 354. The normalized spacial score (nSPS) is 16.1. The van der Waals surface area contributed by atoms with Crippen molar-refractivity contribution in [3.63, 3.8) is 0 Å². The summed E-state index contributed by atoms with van der Waals surface area (Å²) >= 11 is 0. The van der Waals surface area contributed by atoms with Gasteiger partial charge in [-0.2, -0.15) is 0 Å². The lowest BCUT2D eigenvalue weighted by Crippen LogP contribution is -2.42. The highest BCUT2D eigenvalue weighted by molar-refractivity contribution is 5.27. The van der Waals surface area contributed by atoms with Crippen molar-refractivity contribution in [2.75, 3.05) is 13.7 Å². The molecule has 1 rings (SSSR count). The van der Waals surface area contributed by atoms with E-state index in [1.165, 1.54) is 17.5 Å². The quantitative estimate of drug-likeness (QED) is 0.762. The van der Waals surface area contributed by atoms with Crippen molar-refractivity contribution in [2.45, 2.75) is 58.6 Å². The molecule has 0 saturated carbocycles. The zero-order chi connectivity index (χ0) is 14.3. The number of aryl methyl sites for hydroxylation is 1. The van der Waals surface area contributed by atoms with Gasteiger partial charge in [0.1, 0.15) is 0 Å². The standard InChI is InChI=1S/C17H29NO/c1-6-9-14-10-12-15(13-11-14)16(18-8-3)17(4,7-2)19-5/h10-13,16,18H,6-9H2,1-5H3. The minimum atomic E-state index is -0.164. The molecule has 1 aromatic carbocycles. The van der Waals surface area contributed by atoms with Crippen LogP contribution >= 0.6 is 0 Å². The van der Waals surface area contributed by atoms with Crippen LogP contribution < -0.4 is 5.32 Å². The zero-order valence-electron chi connectivity index (χ0n) is 13.1. The molecule has 0 amide bonds.